The van der Waals surface area contributed by atoms with E-state index in [9.17, 15) is 4.39 Å². The van der Waals surface area contributed by atoms with Crippen molar-refractivity contribution in [2.75, 3.05) is 24.4 Å². The topological polar surface area (TPSA) is 68.6 Å². The Hall–Kier alpha value is -2.58. The van der Waals surface area contributed by atoms with E-state index < -0.39 is 0 Å². The molecule has 0 saturated carbocycles. The van der Waals surface area contributed by atoms with Crippen LogP contribution in [0.3, 0.4) is 0 Å². The molecular formula is C23H27FN4O2S. The maximum atomic E-state index is 14.0. The molecule has 4 rings (SSSR count). The number of anilines is 2. The standard InChI is InChI=1S/C23H27FN4O2S/c1-14-10-17(28-31(3)4)12-19-22(14)23(26-13-25-19)27-18-8-7-16(24)11-21(18)30-15(2)20-6-5-9-29-20/h7-8,10-13,15,20H,5-6,9H2,1-4H3,(H,25,26,27). The van der Waals surface area contributed by atoms with Crippen LogP contribution in [0.1, 0.15) is 25.3 Å². The SMILES string of the molecule is Cc1cc(N=S(C)C)cc2ncnc(Nc3ccc(F)cc3OC(C)C3CCCO3)c12. The summed E-state index contributed by atoms with van der Waals surface area (Å²) in [6.07, 6.45) is 7.45. The number of halogens is 1. The maximum Gasteiger partial charge on any atom is 0.146 e. The predicted octanol–water partition coefficient (Wildman–Crippen LogP) is 5.46. The number of aromatic nitrogens is 2. The minimum absolute atomic E-state index is 0.0158. The van der Waals surface area contributed by atoms with Crippen LogP contribution in [-0.4, -0.2) is 41.3 Å². The summed E-state index contributed by atoms with van der Waals surface area (Å²) in [6.45, 7) is 4.71. The summed E-state index contributed by atoms with van der Waals surface area (Å²) in [4.78, 5) is 8.88. The lowest BCUT2D eigenvalue weighted by Crippen LogP contribution is -2.28. The van der Waals surface area contributed by atoms with Gasteiger partial charge < -0.3 is 14.8 Å². The lowest BCUT2D eigenvalue weighted by atomic mass is 10.1. The molecule has 1 fully saturated rings. The van der Waals surface area contributed by atoms with Crippen LogP contribution in [0.25, 0.3) is 10.9 Å². The minimum atomic E-state index is -0.357. The average Bonchev–Trinajstić information content (AvgIpc) is 3.24. The molecule has 8 heteroatoms. The van der Waals surface area contributed by atoms with Gasteiger partial charge in [0.15, 0.2) is 0 Å². The summed E-state index contributed by atoms with van der Waals surface area (Å²) in [7, 11) is -0.0634. The molecule has 2 unspecified atom stereocenters. The quantitative estimate of drug-likeness (QED) is 0.549. The summed E-state index contributed by atoms with van der Waals surface area (Å²) in [6, 6.07) is 8.46. The Bertz CT molecular complexity index is 1130. The second kappa shape index (κ2) is 9.28. The molecule has 0 spiro atoms. The zero-order valence-electron chi connectivity index (χ0n) is 18.2. The van der Waals surface area contributed by atoms with Gasteiger partial charge in [0.05, 0.1) is 23.0 Å². The molecule has 1 aromatic heterocycles. The Kier molecular flexibility index (Phi) is 6.48. The van der Waals surface area contributed by atoms with Gasteiger partial charge in [-0.05, 0) is 69.0 Å². The lowest BCUT2D eigenvalue weighted by Gasteiger charge is -2.22. The second-order valence-corrected chi connectivity index (χ2v) is 9.61. The number of fused-ring (bicyclic) bond motifs is 1. The third-order valence-electron chi connectivity index (χ3n) is 5.21. The van der Waals surface area contributed by atoms with E-state index in [1.54, 1.807) is 6.07 Å². The van der Waals surface area contributed by atoms with Crippen molar-refractivity contribution < 1.29 is 13.9 Å². The third-order valence-corrected chi connectivity index (χ3v) is 5.78. The Morgan fingerprint density at radius 3 is 2.84 bits per heavy atom. The van der Waals surface area contributed by atoms with E-state index in [4.69, 9.17) is 9.47 Å². The van der Waals surface area contributed by atoms with Crippen LogP contribution in [0.15, 0.2) is 41.0 Å². The largest absolute Gasteiger partial charge is 0.486 e. The van der Waals surface area contributed by atoms with Crippen LogP contribution in [0.5, 0.6) is 5.75 Å². The molecule has 1 aliphatic heterocycles. The van der Waals surface area contributed by atoms with E-state index in [1.807, 2.05) is 26.0 Å². The first-order valence-electron chi connectivity index (χ1n) is 10.3. The molecule has 2 heterocycles. The Labute approximate surface area is 184 Å². The summed E-state index contributed by atoms with van der Waals surface area (Å²) < 4.78 is 30.5. The monoisotopic (exact) mass is 442 g/mol. The van der Waals surface area contributed by atoms with Crippen molar-refractivity contribution in [3.8, 4) is 5.75 Å². The van der Waals surface area contributed by atoms with Crippen LogP contribution in [0.4, 0.5) is 21.6 Å². The fourth-order valence-corrected chi connectivity index (χ4v) is 4.33. The van der Waals surface area contributed by atoms with Crippen molar-refractivity contribution in [3.05, 3.63) is 48.0 Å². The number of hydrogen-bond acceptors (Lipinski definition) is 6. The van der Waals surface area contributed by atoms with Gasteiger partial charge in [0, 0.05) is 18.1 Å². The molecule has 1 saturated heterocycles. The van der Waals surface area contributed by atoms with Crippen LogP contribution < -0.4 is 10.1 Å². The fraction of sp³-hybridized carbons (Fsp3) is 0.391. The molecule has 0 amide bonds. The van der Waals surface area contributed by atoms with Gasteiger partial charge in [-0.3, -0.25) is 0 Å². The van der Waals surface area contributed by atoms with Crippen molar-refractivity contribution >= 4 is 38.8 Å². The molecule has 2 atom stereocenters. The minimum Gasteiger partial charge on any atom is -0.486 e. The van der Waals surface area contributed by atoms with Crippen molar-refractivity contribution in [2.24, 2.45) is 4.36 Å². The van der Waals surface area contributed by atoms with Crippen molar-refractivity contribution in [1.82, 2.24) is 9.97 Å². The molecule has 0 bridgehead atoms. The second-order valence-electron chi connectivity index (χ2n) is 7.88. The Morgan fingerprint density at radius 2 is 2.10 bits per heavy atom. The van der Waals surface area contributed by atoms with E-state index in [-0.39, 0.29) is 28.7 Å². The lowest BCUT2D eigenvalue weighted by molar-refractivity contribution is 0.0216. The van der Waals surface area contributed by atoms with E-state index in [0.717, 1.165) is 41.6 Å². The average molecular weight is 443 g/mol. The van der Waals surface area contributed by atoms with Gasteiger partial charge in [0.25, 0.3) is 0 Å². The number of rotatable bonds is 6. The number of nitrogens with one attached hydrogen (secondary N) is 1. The highest BCUT2D eigenvalue weighted by atomic mass is 32.2. The molecule has 3 aromatic rings. The molecule has 6 nitrogen and oxygen atoms in total. The van der Waals surface area contributed by atoms with Gasteiger partial charge in [0.2, 0.25) is 0 Å². The van der Waals surface area contributed by atoms with E-state index in [0.29, 0.717) is 17.3 Å². The molecule has 31 heavy (non-hydrogen) atoms. The van der Waals surface area contributed by atoms with Crippen LogP contribution >= 0.6 is 0 Å². The molecule has 0 aliphatic carbocycles. The molecule has 1 N–H and O–H groups in total. The Balaban J connectivity index is 1.68. The molecule has 2 aromatic carbocycles. The summed E-state index contributed by atoms with van der Waals surface area (Å²) in [5, 5.41) is 4.23. The third kappa shape index (κ3) is 5.02. The molecule has 1 aliphatic rings. The van der Waals surface area contributed by atoms with Gasteiger partial charge in [0.1, 0.15) is 29.8 Å². The summed E-state index contributed by atoms with van der Waals surface area (Å²) >= 11 is 0. The number of hydrogen-bond donors (Lipinski definition) is 1. The first-order valence-corrected chi connectivity index (χ1v) is 12.3. The smallest absolute Gasteiger partial charge is 0.146 e. The van der Waals surface area contributed by atoms with Gasteiger partial charge >= 0.3 is 0 Å². The van der Waals surface area contributed by atoms with E-state index in [1.165, 1.54) is 18.5 Å². The highest BCUT2D eigenvalue weighted by Gasteiger charge is 2.25. The van der Waals surface area contributed by atoms with Crippen molar-refractivity contribution in [3.63, 3.8) is 0 Å². The summed E-state index contributed by atoms with van der Waals surface area (Å²) in [5.74, 6) is 0.715. The maximum absolute atomic E-state index is 14.0. The van der Waals surface area contributed by atoms with Crippen molar-refractivity contribution in [1.29, 1.82) is 0 Å². The van der Waals surface area contributed by atoms with Crippen LogP contribution in [-0.2, 0) is 15.4 Å². The molecular weight excluding hydrogens is 415 g/mol. The summed E-state index contributed by atoms with van der Waals surface area (Å²) in [5.41, 5.74) is 3.36. The van der Waals surface area contributed by atoms with Gasteiger partial charge in [-0.2, -0.15) is 0 Å². The van der Waals surface area contributed by atoms with Crippen LogP contribution in [0.2, 0.25) is 0 Å². The van der Waals surface area contributed by atoms with Gasteiger partial charge in [-0.1, -0.05) is 0 Å². The first kappa shape index (κ1) is 21.6. The fourth-order valence-electron chi connectivity index (χ4n) is 3.80. The normalized spacial score (nSPS) is 17.2. The number of ether oxygens (including phenoxy) is 2. The number of benzene rings is 2. The highest BCUT2D eigenvalue weighted by molar-refractivity contribution is 7.85. The number of aryl methyl sites for hydroxylation is 1. The van der Waals surface area contributed by atoms with Gasteiger partial charge in [-0.15, -0.1) is 10.7 Å². The van der Waals surface area contributed by atoms with E-state index in [2.05, 4.69) is 32.2 Å². The van der Waals surface area contributed by atoms with Gasteiger partial charge in [-0.25, -0.2) is 18.7 Å². The first-order chi connectivity index (χ1) is 14.9. The zero-order valence-corrected chi connectivity index (χ0v) is 19.0. The van der Waals surface area contributed by atoms with E-state index >= 15 is 0 Å². The molecule has 164 valence electrons. The predicted molar refractivity (Wildman–Crippen MR) is 124 cm³/mol. The Morgan fingerprint density at radius 1 is 1.26 bits per heavy atom. The zero-order chi connectivity index (χ0) is 22.0. The molecule has 0 radical (unpaired) electrons. The van der Waals surface area contributed by atoms with Crippen molar-refractivity contribution in [2.45, 2.75) is 38.9 Å². The van der Waals surface area contributed by atoms with Crippen LogP contribution in [0, 0.1) is 12.7 Å². The highest BCUT2D eigenvalue weighted by Crippen LogP contribution is 2.34. The number of nitrogens with zero attached hydrogens (tertiary/aromatic N) is 3.